The summed E-state index contributed by atoms with van der Waals surface area (Å²) in [4.78, 5) is 80.5. The van der Waals surface area contributed by atoms with Gasteiger partial charge in [0.25, 0.3) is 11.8 Å². The average Bonchev–Trinajstić information content (AvgIpc) is 4.08. The molecule has 1 aliphatic carbocycles. The highest BCUT2D eigenvalue weighted by Crippen LogP contribution is 2.45. The molecule has 2 aromatic carbocycles. The van der Waals surface area contributed by atoms with Crippen molar-refractivity contribution in [3.63, 3.8) is 0 Å². The van der Waals surface area contributed by atoms with Gasteiger partial charge < -0.3 is 44.7 Å². The average molecular weight is 890 g/mol. The molecule has 0 spiro atoms. The predicted molar refractivity (Wildman–Crippen MR) is 234 cm³/mol. The van der Waals surface area contributed by atoms with Crippen LogP contribution in [0.2, 0.25) is 0 Å². The van der Waals surface area contributed by atoms with E-state index in [0.29, 0.717) is 45.5 Å². The van der Waals surface area contributed by atoms with E-state index in [4.69, 9.17) is 23.9 Å². The van der Waals surface area contributed by atoms with Gasteiger partial charge in [-0.25, -0.2) is 9.97 Å². The predicted octanol–water partition coefficient (Wildman–Crippen LogP) is 3.68. The van der Waals surface area contributed by atoms with Gasteiger partial charge in [-0.15, -0.1) is 0 Å². The SMILES string of the molecule is CC[C@@H]1c2c(C#N)ncn2-c2cnc(Nc3ccc(C(=O)NCCOCCOCCOCC(=O)Nc4cccc5c4CN(C4CCC(=O)NC4=O)C5=O)cc3OC)nc2N1C1CCCC1. The molecule has 2 aromatic heterocycles. The zero-order valence-corrected chi connectivity index (χ0v) is 36.3. The Balaban J connectivity index is 0.736. The Labute approximate surface area is 375 Å². The van der Waals surface area contributed by atoms with Crippen LogP contribution in [0.5, 0.6) is 5.75 Å². The lowest BCUT2D eigenvalue weighted by atomic mass is 10.0. The molecule has 0 radical (unpaired) electrons. The third kappa shape index (κ3) is 9.62. The second-order valence-corrected chi connectivity index (χ2v) is 16.0. The molecule has 1 unspecified atom stereocenters. The van der Waals surface area contributed by atoms with Gasteiger partial charge in [0.15, 0.2) is 11.5 Å². The molecule has 4 aromatic rings. The Kier molecular flexibility index (Phi) is 13.9. The van der Waals surface area contributed by atoms with Crippen molar-refractivity contribution >= 4 is 52.7 Å². The molecular weight excluding hydrogens is 839 g/mol. The van der Waals surface area contributed by atoms with Crippen LogP contribution in [0.1, 0.15) is 95.6 Å². The molecule has 340 valence electrons. The van der Waals surface area contributed by atoms with Gasteiger partial charge in [0, 0.05) is 47.9 Å². The van der Waals surface area contributed by atoms with E-state index in [1.807, 2.05) is 4.57 Å². The first-order valence-electron chi connectivity index (χ1n) is 21.8. The maximum atomic E-state index is 13.0. The van der Waals surface area contributed by atoms with Gasteiger partial charge in [-0.3, -0.25) is 33.9 Å². The monoisotopic (exact) mass is 889 g/mol. The molecule has 1 saturated carbocycles. The lowest BCUT2D eigenvalue weighted by Gasteiger charge is -2.41. The third-order valence-corrected chi connectivity index (χ3v) is 12.0. The Morgan fingerprint density at radius 3 is 2.51 bits per heavy atom. The molecule has 4 aliphatic rings. The minimum Gasteiger partial charge on any atom is -0.495 e. The van der Waals surface area contributed by atoms with Gasteiger partial charge in [0.05, 0.1) is 63.8 Å². The first-order chi connectivity index (χ1) is 31.7. The van der Waals surface area contributed by atoms with Crippen molar-refractivity contribution in [1.29, 1.82) is 5.26 Å². The molecule has 5 amide bonds. The van der Waals surface area contributed by atoms with Crippen molar-refractivity contribution < 1.29 is 42.9 Å². The summed E-state index contributed by atoms with van der Waals surface area (Å²) in [6.07, 6.45) is 8.97. The Morgan fingerprint density at radius 2 is 1.75 bits per heavy atom. The van der Waals surface area contributed by atoms with Crippen LogP contribution in [0.15, 0.2) is 48.9 Å². The first kappa shape index (κ1) is 44.6. The minimum atomic E-state index is -0.752. The van der Waals surface area contributed by atoms with E-state index >= 15 is 0 Å². The Morgan fingerprint density at radius 1 is 0.969 bits per heavy atom. The van der Waals surface area contributed by atoms with Gasteiger partial charge >= 0.3 is 0 Å². The zero-order valence-electron chi connectivity index (χ0n) is 36.3. The normalized spacial score (nSPS) is 17.8. The van der Waals surface area contributed by atoms with E-state index in [9.17, 15) is 29.2 Å². The summed E-state index contributed by atoms with van der Waals surface area (Å²) in [6, 6.07) is 11.8. The van der Waals surface area contributed by atoms with Crippen molar-refractivity contribution in [2.45, 2.75) is 76.5 Å². The Hall–Kier alpha value is -6.95. The number of carbonyl (C=O) groups excluding carboxylic acids is 5. The van der Waals surface area contributed by atoms with Crippen LogP contribution in [-0.2, 0) is 35.1 Å². The molecule has 0 bridgehead atoms. The highest BCUT2D eigenvalue weighted by atomic mass is 16.5. The number of nitrogens with zero attached hydrogens (tertiary/aromatic N) is 7. The van der Waals surface area contributed by atoms with E-state index in [-0.39, 0.29) is 95.4 Å². The number of fused-ring (bicyclic) bond motifs is 4. The molecule has 2 fully saturated rings. The second kappa shape index (κ2) is 20.3. The molecule has 20 heteroatoms. The number of anilines is 4. The van der Waals surface area contributed by atoms with Crippen molar-refractivity contribution in [2.24, 2.45) is 0 Å². The number of nitrogens with one attached hydrogen (secondary N) is 4. The summed E-state index contributed by atoms with van der Waals surface area (Å²) < 4.78 is 24.2. The molecule has 4 N–H and O–H groups in total. The lowest BCUT2D eigenvalue weighted by Crippen LogP contribution is -2.52. The number of hydrogen-bond donors (Lipinski definition) is 4. The second-order valence-electron chi connectivity index (χ2n) is 16.0. The molecule has 5 heterocycles. The van der Waals surface area contributed by atoms with Crippen molar-refractivity contribution in [2.75, 3.05) is 68.8 Å². The maximum absolute atomic E-state index is 13.0. The summed E-state index contributed by atoms with van der Waals surface area (Å²) in [7, 11) is 1.53. The summed E-state index contributed by atoms with van der Waals surface area (Å²) in [5, 5.41) is 21.0. The summed E-state index contributed by atoms with van der Waals surface area (Å²) in [6.45, 7) is 3.49. The number of imidazole rings is 1. The molecule has 1 saturated heterocycles. The number of carbonyl (C=O) groups is 5. The van der Waals surface area contributed by atoms with Crippen LogP contribution in [0.25, 0.3) is 5.69 Å². The molecule has 3 aliphatic heterocycles. The number of imide groups is 1. The van der Waals surface area contributed by atoms with Gasteiger partial charge in [-0.1, -0.05) is 25.8 Å². The molecule has 65 heavy (non-hydrogen) atoms. The molecular formula is C45H51N11O9. The standard InChI is InChI=1S/C45H51N11O9/c1-3-34-40-33(22-46)49-26-55(40)36-23-48-45(53-41(36)56(34)28-7-4-5-8-28)51-32-12-11-27(21-37(32)62-2)42(59)47-15-16-63-17-18-64-19-20-65-25-39(58)50-31-10-6-9-29-30(31)24-54(44(29)61)35-13-14-38(57)52-43(35)60/h6,9-12,21,23,26,28,34-35H,3-5,7-8,13-20,24-25H2,1-2H3,(H,47,59)(H,50,58)(H,48,51,53)(H,52,57,60)/t34-,35?/m1/s1. The van der Waals surface area contributed by atoms with E-state index in [1.54, 1.807) is 48.9 Å². The third-order valence-electron chi connectivity index (χ3n) is 12.0. The molecule has 2 atom stereocenters. The van der Waals surface area contributed by atoms with Crippen LogP contribution >= 0.6 is 0 Å². The number of ether oxygens (including phenoxy) is 4. The number of rotatable bonds is 19. The van der Waals surface area contributed by atoms with Crippen LogP contribution < -0.4 is 30.9 Å². The van der Waals surface area contributed by atoms with Crippen molar-refractivity contribution in [3.05, 3.63) is 77.0 Å². The fraction of sp³-hybridized carbons (Fsp3) is 0.444. The van der Waals surface area contributed by atoms with E-state index in [0.717, 1.165) is 49.3 Å². The zero-order chi connectivity index (χ0) is 45.5. The van der Waals surface area contributed by atoms with Crippen LogP contribution in [0.3, 0.4) is 0 Å². The van der Waals surface area contributed by atoms with E-state index in [2.05, 4.69) is 49.1 Å². The summed E-state index contributed by atoms with van der Waals surface area (Å²) in [5.74, 6) is -0.316. The maximum Gasteiger partial charge on any atom is 0.255 e. The van der Waals surface area contributed by atoms with Crippen LogP contribution in [0, 0.1) is 11.3 Å². The topological polar surface area (TPSA) is 244 Å². The number of benzene rings is 2. The fourth-order valence-corrected chi connectivity index (χ4v) is 8.91. The number of methoxy groups -OCH3 is 1. The lowest BCUT2D eigenvalue weighted by molar-refractivity contribution is -0.137. The number of nitriles is 1. The highest BCUT2D eigenvalue weighted by Gasteiger charge is 2.41. The molecule has 8 rings (SSSR count). The number of amides is 5. The van der Waals surface area contributed by atoms with Crippen LogP contribution in [0.4, 0.5) is 23.1 Å². The van der Waals surface area contributed by atoms with Crippen molar-refractivity contribution in [3.8, 4) is 17.5 Å². The highest BCUT2D eigenvalue weighted by molar-refractivity contribution is 6.07. The first-order valence-corrected chi connectivity index (χ1v) is 21.8. The summed E-state index contributed by atoms with van der Waals surface area (Å²) in [5.41, 5.74) is 4.50. The minimum absolute atomic E-state index is 0.0535. The smallest absolute Gasteiger partial charge is 0.255 e. The Bertz CT molecular complexity index is 2500. The fourth-order valence-electron chi connectivity index (χ4n) is 8.91. The van der Waals surface area contributed by atoms with Crippen molar-refractivity contribution in [1.82, 2.24) is 35.1 Å². The molecule has 20 nitrogen and oxygen atoms in total. The number of piperidine rings is 1. The number of aromatic nitrogens is 4. The quantitative estimate of drug-likeness (QED) is 0.0775. The number of hydrogen-bond acceptors (Lipinski definition) is 15. The van der Waals surface area contributed by atoms with Gasteiger partial charge in [-0.2, -0.15) is 10.2 Å². The van der Waals surface area contributed by atoms with E-state index < -0.39 is 17.9 Å². The van der Waals surface area contributed by atoms with Gasteiger partial charge in [0.2, 0.25) is 23.7 Å². The van der Waals surface area contributed by atoms with Crippen LogP contribution in [-0.4, -0.2) is 119 Å². The van der Waals surface area contributed by atoms with Gasteiger partial charge in [-0.05, 0) is 56.0 Å². The van der Waals surface area contributed by atoms with Gasteiger partial charge in [0.1, 0.15) is 36.5 Å². The largest absolute Gasteiger partial charge is 0.495 e. The van der Waals surface area contributed by atoms with E-state index in [1.165, 1.54) is 12.0 Å². The summed E-state index contributed by atoms with van der Waals surface area (Å²) >= 11 is 0.